The van der Waals surface area contributed by atoms with E-state index in [0.29, 0.717) is 0 Å². The smallest absolute Gasteiger partial charge is 0.145 e. The molecular formula is C15H9BrN2. The van der Waals surface area contributed by atoms with Gasteiger partial charge in [0.25, 0.3) is 0 Å². The first-order valence-electron chi connectivity index (χ1n) is 5.77. The van der Waals surface area contributed by atoms with E-state index in [1.807, 2.05) is 12.4 Å². The number of pyridine rings is 1. The van der Waals surface area contributed by atoms with Crippen LogP contribution in [0, 0.1) is 0 Å². The molecule has 0 saturated heterocycles. The lowest BCUT2D eigenvalue weighted by Gasteiger charge is -2.08. The number of aromatic nitrogens is 2. The molecule has 18 heavy (non-hydrogen) atoms. The van der Waals surface area contributed by atoms with Crippen molar-refractivity contribution >= 4 is 43.3 Å². The van der Waals surface area contributed by atoms with Crippen LogP contribution in [0.1, 0.15) is 0 Å². The third-order valence-corrected chi connectivity index (χ3v) is 3.81. The van der Waals surface area contributed by atoms with Crippen molar-refractivity contribution in [3.8, 4) is 0 Å². The number of hydrogen-bond donors (Lipinski definition) is 0. The number of benzene rings is 2. The van der Waals surface area contributed by atoms with Gasteiger partial charge in [-0.25, -0.2) is 4.98 Å². The van der Waals surface area contributed by atoms with Gasteiger partial charge in [-0.05, 0) is 29.7 Å². The number of fused-ring (bicyclic) bond motifs is 6. The van der Waals surface area contributed by atoms with E-state index in [0.717, 1.165) is 10.1 Å². The normalized spacial score (nSPS) is 11.6. The Hall–Kier alpha value is -1.87. The Labute approximate surface area is 112 Å². The van der Waals surface area contributed by atoms with Crippen LogP contribution in [0.4, 0.5) is 0 Å². The van der Waals surface area contributed by atoms with Gasteiger partial charge in [0.2, 0.25) is 0 Å². The number of nitrogens with zero attached hydrogens (tertiary/aromatic N) is 2. The molecule has 0 fully saturated rings. The molecule has 0 amide bonds. The molecule has 0 atom stereocenters. The Morgan fingerprint density at radius 2 is 1.83 bits per heavy atom. The topological polar surface area (TPSA) is 17.3 Å². The van der Waals surface area contributed by atoms with Crippen LogP contribution in [-0.2, 0) is 0 Å². The van der Waals surface area contributed by atoms with Crippen molar-refractivity contribution in [1.82, 2.24) is 9.38 Å². The van der Waals surface area contributed by atoms with E-state index in [4.69, 9.17) is 0 Å². The predicted octanol–water partition coefficient (Wildman–Crippen LogP) is 4.40. The van der Waals surface area contributed by atoms with Crippen molar-refractivity contribution in [2.24, 2.45) is 0 Å². The summed E-state index contributed by atoms with van der Waals surface area (Å²) in [5.74, 6) is 0. The first-order valence-corrected chi connectivity index (χ1v) is 6.57. The van der Waals surface area contributed by atoms with Gasteiger partial charge < -0.3 is 0 Å². The summed E-state index contributed by atoms with van der Waals surface area (Å²) in [4.78, 5) is 4.47. The fourth-order valence-corrected chi connectivity index (χ4v) is 2.90. The lowest BCUT2D eigenvalue weighted by molar-refractivity contribution is 1.27. The second-order valence-electron chi connectivity index (χ2n) is 4.33. The van der Waals surface area contributed by atoms with Crippen LogP contribution < -0.4 is 0 Å². The minimum absolute atomic E-state index is 1.01. The summed E-state index contributed by atoms with van der Waals surface area (Å²) in [5, 5.41) is 3.67. The second kappa shape index (κ2) is 3.56. The number of hydrogen-bond acceptors (Lipinski definition) is 1. The lowest BCUT2D eigenvalue weighted by atomic mass is 10.1. The molecule has 0 spiro atoms. The molecule has 0 bridgehead atoms. The molecule has 0 N–H and O–H groups in total. The van der Waals surface area contributed by atoms with Gasteiger partial charge in [0.1, 0.15) is 5.65 Å². The molecule has 0 aliphatic heterocycles. The highest BCUT2D eigenvalue weighted by molar-refractivity contribution is 9.10. The van der Waals surface area contributed by atoms with E-state index in [9.17, 15) is 0 Å². The molecule has 0 unspecified atom stereocenters. The summed E-state index contributed by atoms with van der Waals surface area (Å²) in [5.41, 5.74) is 2.20. The molecule has 4 rings (SSSR count). The van der Waals surface area contributed by atoms with Crippen molar-refractivity contribution in [3.63, 3.8) is 0 Å². The van der Waals surface area contributed by atoms with E-state index in [1.165, 1.54) is 21.7 Å². The molecule has 4 aromatic rings. The first-order chi connectivity index (χ1) is 8.84. The van der Waals surface area contributed by atoms with Crippen molar-refractivity contribution in [2.45, 2.75) is 0 Å². The standard InChI is InChI=1S/C15H9BrN2/c16-10-5-6-12-13(9-10)11-3-1-2-4-14(11)18-8-7-17-15(12)18/h1-9H. The summed E-state index contributed by atoms with van der Waals surface area (Å²) in [6, 6.07) is 14.8. The Morgan fingerprint density at radius 1 is 0.944 bits per heavy atom. The molecule has 2 heterocycles. The highest BCUT2D eigenvalue weighted by Crippen LogP contribution is 2.30. The van der Waals surface area contributed by atoms with E-state index in [-0.39, 0.29) is 0 Å². The number of para-hydroxylation sites is 1. The zero-order chi connectivity index (χ0) is 12.1. The van der Waals surface area contributed by atoms with Gasteiger partial charge in [0, 0.05) is 27.6 Å². The van der Waals surface area contributed by atoms with Crippen molar-refractivity contribution < 1.29 is 0 Å². The van der Waals surface area contributed by atoms with Gasteiger partial charge in [0.05, 0.1) is 5.52 Å². The molecule has 2 nitrogen and oxygen atoms in total. The fourth-order valence-electron chi connectivity index (χ4n) is 2.54. The summed E-state index contributed by atoms with van der Waals surface area (Å²) in [7, 11) is 0. The van der Waals surface area contributed by atoms with Crippen LogP contribution >= 0.6 is 15.9 Å². The van der Waals surface area contributed by atoms with Crippen molar-refractivity contribution in [3.05, 3.63) is 59.3 Å². The zero-order valence-electron chi connectivity index (χ0n) is 9.47. The van der Waals surface area contributed by atoms with Gasteiger partial charge in [-0.2, -0.15) is 0 Å². The van der Waals surface area contributed by atoms with Crippen LogP contribution in [-0.4, -0.2) is 9.38 Å². The Kier molecular flexibility index (Phi) is 2.00. The second-order valence-corrected chi connectivity index (χ2v) is 5.24. The summed E-state index contributed by atoms with van der Waals surface area (Å²) in [6.45, 7) is 0. The highest BCUT2D eigenvalue weighted by atomic mass is 79.9. The molecule has 0 aliphatic rings. The minimum atomic E-state index is 1.01. The van der Waals surface area contributed by atoms with E-state index < -0.39 is 0 Å². The largest absolute Gasteiger partial charge is 0.299 e. The van der Waals surface area contributed by atoms with Crippen LogP contribution in [0.2, 0.25) is 0 Å². The molecule has 2 aromatic heterocycles. The van der Waals surface area contributed by atoms with Crippen LogP contribution in [0.25, 0.3) is 27.3 Å². The Balaban J connectivity index is 2.44. The van der Waals surface area contributed by atoms with Gasteiger partial charge in [-0.15, -0.1) is 0 Å². The predicted molar refractivity (Wildman–Crippen MR) is 77.9 cm³/mol. The maximum Gasteiger partial charge on any atom is 0.145 e. The van der Waals surface area contributed by atoms with Crippen LogP contribution in [0.15, 0.2) is 59.3 Å². The van der Waals surface area contributed by atoms with E-state index in [1.54, 1.807) is 0 Å². The van der Waals surface area contributed by atoms with Crippen molar-refractivity contribution in [1.29, 1.82) is 0 Å². The Bertz CT molecular complexity index is 893. The van der Waals surface area contributed by atoms with Crippen LogP contribution in [0.5, 0.6) is 0 Å². The van der Waals surface area contributed by atoms with E-state index >= 15 is 0 Å². The first kappa shape index (κ1) is 10.1. The quantitative estimate of drug-likeness (QED) is 0.440. The summed E-state index contributed by atoms with van der Waals surface area (Å²) < 4.78 is 3.24. The third-order valence-electron chi connectivity index (χ3n) is 3.32. The van der Waals surface area contributed by atoms with Crippen molar-refractivity contribution in [2.75, 3.05) is 0 Å². The minimum Gasteiger partial charge on any atom is -0.299 e. The molecular weight excluding hydrogens is 288 g/mol. The monoisotopic (exact) mass is 296 g/mol. The van der Waals surface area contributed by atoms with Gasteiger partial charge in [-0.1, -0.05) is 34.1 Å². The molecule has 0 radical (unpaired) electrons. The van der Waals surface area contributed by atoms with Gasteiger partial charge in [-0.3, -0.25) is 4.40 Å². The number of rotatable bonds is 0. The SMILES string of the molecule is Brc1ccc2c(c1)c1ccccc1n1ccnc21. The number of halogens is 1. The van der Waals surface area contributed by atoms with Gasteiger partial charge >= 0.3 is 0 Å². The summed E-state index contributed by atoms with van der Waals surface area (Å²) in [6.07, 6.45) is 3.86. The van der Waals surface area contributed by atoms with E-state index in [2.05, 4.69) is 67.8 Å². The lowest BCUT2D eigenvalue weighted by Crippen LogP contribution is -1.89. The average Bonchev–Trinajstić information content (AvgIpc) is 2.88. The van der Waals surface area contributed by atoms with Gasteiger partial charge in [0.15, 0.2) is 0 Å². The molecule has 0 saturated carbocycles. The fraction of sp³-hybridized carbons (Fsp3) is 0. The summed E-state index contributed by atoms with van der Waals surface area (Å²) >= 11 is 3.55. The third kappa shape index (κ3) is 1.25. The van der Waals surface area contributed by atoms with Crippen LogP contribution in [0.3, 0.4) is 0 Å². The molecule has 2 aromatic carbocycles. The Morgan fingerprint density at radius 3 is 2.78 bits per heavy atom. The molecule has 0 aliphatic carbocycles. The zero-order valence-corrected chi connectivity index (χ0v) is 11.1. The maximum absolute atomic E-state index is 4.47. The molecule has 3 heteroatoms. The molecule has 86 valence electrons. The average molecular weight is 297 g/mol. The maximum atomic E-state index is 4.47. The highest BCUT2D eigenvalue weighted by Gasteiger charge is 2.08. The number of imidazole rings is 1.